The molecule has 0 bridgehead atoms. The number of rotatable bonds is 7. The fraction of sp³-hybridized carbons (Fsp3) is 0.533. The summed E-state index contributed by atoms with van der Waals surface area (Å²) in [5.74, 6) is 0.535. The van der Waals surface area contributed by atoms with Crippen molar-refractivity contribution in [3.63, 3.8) is 0 Å². The summed E-state index contributed by atoms with van der Waals surface area (Å²) in [5, 5.41) is 0. The van der Waals surface area contributed by atoms with Gasteiger partial charge in [0.25, 0.3) is 0 Å². The first-order valence-corrected chi connectivity index (χ1v) is 6.62. The zero-order chi connectivity index (χ0) is 14.3. The lowest BCUT2D eigenvalue weighted by Crippen LogP contribution is -2.38. The van der Waals surface area contributed by atoms with Crippen molar-refractivity contribution >= 4 is 5.97 Å². The van der Waals surface area contributed by atoms with Crippen LogP contribution in [0.3, 0.4) is 0 Å². The molecule has 0 aliphatic rings. The SMILES string of the molecule is CCC(CC)(CN)C(=O)OCc1cccc(OC)c1. The Morgan fingerprint density at radius 2 is 2.00 bits per heavy atom. The third-order valence-corrected chi connectivity index (χ3v) is 3.68. The van der Waals surface area contributed by atoms with Gasteiger partial charge in [0.05, 0.1) is 12.5 Å². The number of carbonyl (C=O) groups excluding carboxylic acids is 1. The van der Waals surface area contributed by atoms with Gasteiger partial charge in [0.1, 0.15) is 12.4 Å². The van der Waals surface area contributed by atoms with Gasteiger partial charge in [0, 0.05) is 6.54 Å². The van der Waals surface area contributed by atoms with Crippen molar-refractivity contribution in [1.82, 2.24) is 0 Å². The molecule has 1 rings (SSSR count). The molecule has 0 saturated carbocycles. The summed E-state index contributed by atoms with van der Waals surface area (Å²) >= 11 is 0. The van der Waals surface area contributed by atoms with Crippen molar-refractivity contribution < 1.29 is 14.3 Å². The second-order valence-electron chi connectivity index (χ2n) is 4.62. The summed E-state index contributed by atoms with van der Waals surface area (Å²) in [6.45, 7) is 4.49. The van der Waals surface area contributed by atoms with Gasteiger partial charge in [-0.3, -0.25) is 4.79 Å². The third-order valence-electron chi connectivity index (χ3n) is 3.68. The van der Waals surface area contributed by atoms with E-state index in [1.165, 1.54) is 0 Å². The van der Waals surface area contributed by atoms with Gasteiger partial charge in [-0.15, -0.1) is 0 Å². The molecule has 0 unspecified atom stereocenters. The smallest absolute Gasteiger partial charge is 0.313 e. The average molecular weight is 265 g/mol. The van der Waals surface area contributed by atoms with Crippen molar-refractivity contribution in [3.8, 4) is 5.75 Å². The molecule has 1 aromatic rings. The van der Waals surface area contributed by atoms with Gasteiger partial charge in [-0.2, -0.15) is 0 Å². The molecule has 0 heterocycles. The number of nitrogens with two attached hydrogens (primary N) is 1. The summed E-state index contributed by atoms with van der Waals surface area (Å²) < 4.78 is 10.5. The van der Waals surface area contributed by atoms with Gasteiger partial charge in [0.2, 0.25) is 0 Å². The number of esters is 1. The Hall–Kier alpha value is -1.55. The van der Waals surface area contributed by atoms with Gasteiger partial charge in [0.15, 0.2) is 0 Å². The molecule has 19 heavy (non-hydrogen) atoms. The van der Waals surface area contributed by atoms with Crippen LogP contribution in [0.25, 0.3) is 0 Å². The van der Waals surface area contributed by atoms with E-state index in [1.54, 1.807) is 7.11 Å². The number of benzene rings is 1. The first-order valence-electron chi connectivity index (χ1n) is 6.62. The highest BCUT2D eigenvalue weighted by molar-refractivity contribution is 5.77. The van der Waals surface area contributed by atoms with Crippen LogP contribution in [0.5, 0.6) is 5.75 Å². The van der Waals surface area contributed by atoms with Gasteiger partial charge < -0.3 is 15.2 Å². The monoisotopic (exact) mass is 265 g/mol. The molecule has 4 heteroatoms. The lowest BCUT2D eigenvalue weighted by atomic mass is 9.82. The maximum Gasteiger partial charge on any atom is 0.313 e. The minimum atomic E-state index is -0.557. The van der Waals surface area contributed by atoms with Crippen LogP contribution in [0.2, 0.25) is 0 Å². The molecule has 1 aromatic carbocycles. The van der Waals surface area contributed by atoms with Crippen molar-refractivity contribution in [2.75, 3.05) is 13.7 Å². The number of carbonyl (C=O) groups is 1. The molecular formula is C15H23NO3. The molecule has 0 radical (unpaired) electrons. The van der Waals surface area contributed by atoms with E-state index in [0.717, 1.165) is 11.3 Å². The van der Waals surface area contributed by atoms with Crippen molar-refractivity contribution in [3.05, 3.63) is 29.8 Å². The molecular weight excluding hydrogens is 242 g/mol. The molecule has 0 aliphatic heterocycles. The summed E-state index contributed by atoms with van der Waals surface area (Å²) in [7, 11) is 1.61. The highest BCUT2D eigenvalue weighted by Crippen LogP contribution is 2.27. The molecule has 0 aliphatic carbocycles. The molecule has 0 aromatic heterocycles. The number of ether oxygens (including phenoxy) is 2. The molecule has 106 valence electrons. The highest BCUT2D eigenvalue weighted by Gasteiger charge is 2.34. The van der Waals surface area contributed by atoms with Crippen LogP contribution >= 0.6 is 0 Å². The summed E-state index contributed by atoms with van der Waals surface area (Å²) in [6, 6.07) is 7.48. The van der Waals surface area contributed by atoms with E-state index in [0.29, 0.717) is 19.4 Å². The van der Waals surface area contributed by atoms with Crippen molar-refractivity contribution in [1.29, 1.82) is 0 Å². The van der Waals surface area contributed by atoms with Crippen LogP contribution in [-0.2, 0) is 16.1 Å². The van der Waals surface area contributed by atoms with E-state index in [9.17, 15) is 4.79 Å². The first-order chi connectivity index (χ1) is 9.11. The summed E-state index contributed by atoms with van der Waals surface area (Å²) in [5.41, 5.74) is 6.07. The Bertz CT molecular complexity index is 405. The summed E-state index contributed by atoms with van der Waals surface area (Å²) in [4.78, 5) is 12.2. The molecule has 0 spiro atoms. The molecule has 0 amide bonds. The van der Waals surface area contributed by atoms with E-state index >= 15 is 0 Å². The van der Waals surface area contributed by atoms with E-state index < -0.39 is 5.41 Å². The van der Waals surface area contributed by atoms with Crippen LogP contribution in [0.1, 0.15) is 32.3 Å². The van der Waals surface area contributed by atoms with E-state index in [4.69, 9.17) is 15.2 Å². The van der Waals surface area contributed by atoms with E-state index in [1.807, 2.05) is 38.1 Å². The van der Waals surface area contributed by atoms with E-state index in [2.05, 4.69) is 0 Å². The maximum atomic E-state index is 12.2. The Balaban J connectivity index is 2.67. The van der Waals surface area contributed by atoms with Crippen molar-refractivity contribution in [2.45, 2.75) is 33.3 Å². The van der Waals surface area contributed by atoms with Gasteiger partial charge in [-0.05, 0) is 30.5 Å². The van der Waals surface area contributed by atoms with Crippen LogP contribution in [-0.4, -0.2) is 19.6 Å². The second kappa shape index (κ2) is 7.14. The number of methoxy groups -OCH3 is 1. The third kappa shape index (κ3) is 3.70. The van der Waals surface area contributed by atoms with Crippen LogP contribution < -0.4 is 10.5 Å². The Morgan fingerprint density at radius 1 is 1.32 bits per heavy atom. The standard InChI is InChI=1S/C15H23NO3/c1-4-15(5-2,11-16)14(17)19-10-12-7-6-8-13(9-12)18-3/h6-9H,4-5,10-11,16H2,1-3H3. The zero-order valence-corrected chi connectivity index (χ0v) is 11.9. The van der Waals surface area contributed by atoms with Crippen LogP contribution in [0.15, 0.2) is 24.3 Å². The fourth-order valence-corrected chi connectivity index (χ4v) is 1.97. The zero-order valence-electron chi connectivity index (χ0n) is 11.9. The predicted molar refractivity (Wildman–Crippen MR) is 74.9 cm³/mol. The molecule has 2 N–H and O–H groups in total. The highest BCUT2D eigenvalue weighted by atomic mass is 16.5. The Kier molecular flexibility index (Phi) is 5.83. The maximum absolute atomic E-state index is 12.2. The van der Waals surface area contributed by atoms with Gasteiger partial charge >= 0.3 is 5.97 Å². The normalized spacial score (nSPS) is 11.2. The molecule has 0 atom stereocenters. The minimum Gasteiger partial charge on any atom is -0.497 e. The van der Waals surface area contributed by atoms with Gasteiger partial charge in [-0.25, -0.2) is 0 Å². The number of hydrogen-bond acceptors (Lipinski definition) is 4. The Morgan fingerprint density at radius 3 is 2.53 bits per heavy atom. The number of hydrogen-bond donors (Lipinski definition) is 1. The molecule has 0 saturated heterocycles. The minimum absolute atomic E-state index is 0.220. The fourth-order valence-electron chi connectivity index (χ4n) is 1.97. The van der Waals surface area contributed by atoms with E-state index in [-0.39, 0.29) is 12.6 Å². The predicted octanol–water partition coefficient (Wildman–Crippen LogP) is 2.50. The summed E-state index contributed by atoms with van der Waals surface area (Å²) in [6.07, 6.45) is 1.38. The molecule has 4 nitrogen and oxygen atoms in total. The van der Waals surface area contributed by atoms with Gasteiger partial charge in [-0.1, -0.05) is 26.0 Å². The Labute approximate surface area is 114 Å². The topological polar surface area (TPSA) is 61.6 Å². The first kappa shape index (κ1) is 15.5. The van der Waals surface area contributed by atoms with Crippen LogP contribution in [0.4, 0.5) is 0 Å². The van der Waals surface area contributed by atoms with Crippen molar-refractivity contribution in [2.24, 2.45) is 11.1 Å². The average Bonchev–Trinajstić information content (AvgIpc) is 2.47. The lowest BCUT2D eigenvalue weighted by Gasteiger charge is -2.27. The second-order valence-corrected chi connectivity index (χ2v) is 4.62. The molecule has 0 fully saturated rings. The quantitative estimate of drug-likeness (QED) is 0.769. The lowest BCUT2D eigenvalue weighted by molar-refractivity contribution is -0.157. The largest absolute Gasteiger partial charge is 0.497 e. The van der Waals surface area contributed by atoms with Crippen LogP contribution in [0, 0.1) is 5.41 Å².